The first-order valence-corrected chi connectivity index (χ1v) is 8.42. The minimum Gasteiger partial charge on any atom is -0.368 e. The molecule has 2 aliphatic carbocycles. The second kappa shape index (κ2) is 5.58. The Morgan fingerprint density at radius 2 is 1.95 bits per heavy atom. The molecule has 3 nitrogen and oxygen atoms in total. The summed E-state index contributed by atoms with van der Waals surface area (Å²) in [6.45, 7) is 0. The maximum Gasteiger partial charge on any atom is 0.238 e. The lowest BCUT2D eigenvalue weighted by Gasteiger charge is -2.32. The van der Waals surface area contributed by atoms with Gasteiger partial charge in [0.1, 0.15) is 5.54 Å². The summed E-state index contributed by atoms with van der Waals surface area (Å²) in [5, 5.41) is 4.26. The molecular weight excluding hydrogens is 292 g/mol. The molecule has 1 amide bonds. The molecule has 3 rings (SSSR count). The lowest BCUT2D eigenvalue weighted by Crippen LogP contribution is -2.60. The van der Waals surface area contributed by atoms with Crippen LogP contribution in [0.15, 0.2) is 29.2 Å². The number of rotatable bonds is 7. The van der Waals surface area contributed by atoms with Crippen LogP contribution in [0.25, 0.3) is 0 Å². The molecule has 0 radical (unpaired) electrons. The lowest BCUT2D eigenvalue weighted by molar-refractivity contribution is -0.124. The van der Waals surface area contributed by atoms with Gasteiger partial charge in [-0.2, -0.15) is 0 Å². The molecule has 0 heterocycles. The average Bonchev–Trinajstić information content (AvgIpc) is 3.28. The average molecular weight is 311 g/mol. The normalized spacial score (nSPS) is 21.4. The van der Waals surface area contributed by atoms with Crippen LogP contribution in [0.2, 0.25) is 5.02 Å². The van der Waals surface area contributed by atoms with E-state index < -0.39 is 5.54 Å². The van der Waals surface area contributed by atoms with E-state index >= 15 is 0 Å². The highest BCUT2D eigenvalue weighted by atomic mass is 35.5. The molecule has 1 aromatic rings. The third-order valence-corrected chi connectivity index (χ3v) is 5.49. The highest BCUT2D eigenvalue weighted by molar-refractivity contribution is 7.99. The van der Waals surface area contributed by atoms with Crippen molar-refractivity contribution >= 4 is 29.3 Å². The number of carbonyl (C=O) groups excluding carboxylic acids is 1. The number of amides is 1. The van der Waals surface area contributed by atoms with E-state index in [9.17, 15) is 4.79 Å². The Hall–Kier alpha value is -0.710. The van der Waals surface area contributed by atoms with Crippen molar-refractivity contribution in [2.45, 2.75) is 42.2 Å². The lowest BCUT2D eigenvalue weighted by atomic mass is 9.94. The van der Waals surface area contributed by atoms with Crippen molar-refractivity contribution in [3.8, 4) is 0 Å². The highest BCUT2D eigenvalue weighted by Gasteiger charge is 2.51. The zero-order chi connectivity index (χ0) is 14.2. The summed E-state index contributed by atoms with van der Waals surface area (Å²) >= 11 is 7.57. The van der Waals surface area contributed by atoms with Crippen LogP contribution in [0.1, 0.15) is 25.7 Å². The number of primary amides is 1. The summed E-state index contributed by atoms with van der Waals surface area (Å²) in [4.78, 5) is 13.2. The van der Waals surface area contributed by atoms with E-state index in [0.29, 0.717) is 17.7 Å². The first-order chi connectivity index (χ1) is 9.60. The number of thioether (sulfide) groups is 1. The van der Waals surface area contributed by atoms with Gasteiger partial charge in [0.2, 0.25) is 5.91 Å². The zero-order valence-electron chi connectivity index (χ0n) is 11.3. The first-order valence-electron chi connectivity index (χ1n) is 7.06. The third-order valence-electron chi connectivity index (χ3n) is 4.03. The quantitative estimate of drug-likeness (QED) is 0.761. The predicted molar refractivity (Wildman–Crippen MR) is 83.0 cm³/mol. The van der Waals surface area contributed by atoms with Crippen LogP contribution in [0.4, 0.5) is 0 Å². The number of hydrogen-bond donors (Lipinski definition) is 2. The molecule has 20 heavy (non-hydrogen) atoms. The Morgan fingerprint density at radius 3 is 2.45 bits per heavy atom. The first kappa shape index (κ1) is 14.2. The molecule has 3 N–H and O–H groups in total. The fourth-order valence-corrected chi connectivity index (χ4v) is 3.83. The monoisotopic (exact) mass is 310 g/mol. The van der Waals surface area contributed by atoms with Gasteiger partial charge in [-0.1, -0.05) is 11.6 Å². The SMILES string of the molecule is NC(=O)C(CSc1ccc(Cl)cc1)(NC1CC1)C1CC1. The van der Waals surface area contributed by atoms with Crippen LogP contribution in [-0.2, 0) is 4.79 Å². The van der Waals surface area contributed by atoms with Gasteiger partial charge in [0, 0.05) is 21.7 Å². The van der Waals surface area contributed by atoms with Crippen LogP contribution in [-0.4, -0.2) is 23.2 Å². The second-order valence-corrected chi connectivity index (χ2v) is 7.26. The van der Waals surface area contributed by atoms with Crippen LogP contribution >= 0.6 is 23.4 Å². The molecule has 0 aromatic heterocycles. The molecule has 0 saturated heterocycles. The molecule has 2 saturated carbocycles. The fourth-order valence-electron chi connectivity index (χ4n) is 2.52. The van der Waals surface area contributed by atoms with Gasteiger partial charge in [-0.05, 0) is 55.9 Å². The van der Waals surface area contributed by atoms with Crippen molar-refractivity contribution in [1.82, 2.24) is 5.32 Å². The van der Waals surface area contributed by atoms with E-state index in [4.69, 9.17) is 17.3 Å². The maximum absolute atomic E-state index is 12.1. The zero-order valence-corrected chi connectivity index (χ0v) is 12.8. The van der Waals surface area contributed by atoms with Gasteiger partial charge in [-0.25, -0.2) is 0 Å². The van der Waals surface area contributed by atoms with E-state index in [1.165, 1.54) is 0 Å². The summed E-state index contributed by atoms with van der Waals surface area (Å²) in [6, 6.07) is 8.21. The Balaban J connectivity index is 1.71. The van der Waals surface area contributed by atoms with Crippen molar-refractivity contribution in [1.29, 1.82) is 0 Å². The van der Waals surface area contributed by atoms with Crippen molar-refractivity contribution < 1.29 is 4.79 Å². The number of carbonyl (C=O) groups is 1. The van der Waals surface area contributed by atoms with Gasteiger partial charge in [-0.3, -0.25) is 10.1 Å². The molecule has 2 fully saturated rings. The smallest absolute Gasteiger partial charge is 0.238 e. The van der Waals surface area contributed by atoms with Crippen LogP contribution in [0.3, 0.4) is 0 Å². The van der Waals surface area contributed by atoms with Gasteiger partial charge >= 0.3 is 0 Å². The van der Waals surface area contributed by atoms with E-state index in [-0.39, 0.29) is 5.91 Å². The van der Waals surface area contributed by atoms with Gasteiger partial charge < -0.3 is 5.73 Å². The molecule has 5 heteroatoms. The highest BCUT2D eigenvalue weighted by Crippen LogP contribution is 2.44. The van der Waals surface area contributed by atoms with E-state index in [2.05, 4.69) is 5.32 Å². The van der Waals surface area contributed by atoms with Gasteiger partial charge in [0.25, 0.3) is 0 Å². The Labute approximate surface area is 128 Å². The molecule has 1 aromatic carbocycles. The van der Waals surface area contributed by atoms with Crippen LogP contribution in [0.5, 0.6) is 0 Å². The van der Waals surface area contributed by atoms with E-state index in [0.717, 1.165) is 35.6 Å². The third kappa shape index (κ3) is 3.13. The predicted octanol–water partition coefficient (Wildman–Crippen LogP) is 2.82. The van der Waals surface area contributed by atoms with Crippen LogP contribution < -0.4 is 11.1 Å². The fraction of sp³-hybridized carbons (Fsp3) is 0.533. The summed E-state index contributed by atoms with van der Waals surface area (Å²) in [5.41, 5.74) is 5.20. The van der Waals surface area contributed by atoms with Gasteiger partial charge in [0.15, 0.2) is 0 Å². The minimum absolute atomic E-state index is 0.201. The molecule has 0 bridgehead atoms. The van der Waals surface area contributed by atoms with Crippen LogP contribution in [0, 0.1) is 5.92 Å². The summed E-state index contributed by atoms with van der Waals surface area (Å²) in [7, 11) is 0. The van der Waals surface area contributed by atoms with Crippen molar-refractivity contribution in [3.05, 3.63) is 29.3 Å². The number of halogens is 1. The van der Waals surface area contributed by atoms with Crippen molar-refractivity contribution in [2.75, 3.05) is 5.75 Å². The number of nitrogens with two attached hydrogens (primary N) is 1. The minimum atomic E-state index is -0.536. The molecule has 1 unspecified atom stereocenters. The molecule has 2 aliphatic rings. The Kier molecular flexibility index (Phi) is 3.98. The molecule has 0 spiro atoms. The summed E-state index contributed by atoms with van der Waals surface area (Å²) in [6.07, 6.45) is 4.52. The van der Waals surface area contributed by atoms with E-state index in [1.807, 2.05) is 24.3 Å². The Bertz CT molecular complexity index is 499. The molecular formula is C15H19ClN2OS. The van der Waals surface area contributed by atoms with E-state index in [1.54, 1.807) is 11.8 Å². The molecule has 108 valence electrons. The Morgan fingerprint density at radius 1 is 1.30 bits per heavy atom. The standard InChI is InChI=1S/C15H19ClN2OS/c16-11-3-7-13(8-4-11)20-9-15(14(17)19,10-1-2-10)18-12-5-6-12/h3-4,7-8,10,12,18H,1-2,5-6,9H2,(H2,17,19). The number of nitrogens with one attached hydrogen (secondary N) is 1. The largest absolute Gasteiger partial charge is 0.368 e. The number of benzene rings is 1. The summed E-state index contributed by atoms with van der Waals surface area (Å²) in [5.74, 6) is 0.902. The van der Waals surface area contributed by atoms with Crippen molar-refractivity contribution in [2.24, 2.45) is 11.7 Å². The van der Waals surface area contributed by atoms with Crippen molar-refractivity contribution in [3.63, 3.8) is 0 Å². The second-order valence-electron chi connectivity index (χ2n) is 5.77. The number of hydrogen-bond acceptors (Lipinski definition) is 3. The topological polar surface area (TPSA) is 55.1 Å². The summed E-state index contributed by atoms with van der Waals surface area (Å²) < 4.78 is 0. The molecule has 0 aliphatic heterocycles. The molecule has 1 atom stereocenters. The van der Waals surface area contributed by atoms with Gasteiger partial charge in [-0.15, -0.1) is 11.8 Å². The maximum atomic E-state index is 12.1. The van der Waals surface area contributed by atoms with Gasteiger partial charge in [0.05, 0.1) is 0 Å².